The number of nitrogens with zero attached hydrogens (tertiary/aromatic N) is 2. The highest BCUT2D eigenvalue weighted by molar-refractivity contribution is 7.89. The second-order valence-electron chi connectivity index (χ2n) is 6.87. The van der Waals surface area contributed by atoms with Gasteiger partial charge in [-0.3, -0.25) is 14.6 Å². The smallest absolute Gasteiger partial charge is 0.243 e. The van der Waals surface area contributed by atoms with Gasteiger partial charge in [0.25, 0.3) is 0 Å². The quantitative estimate of drug-likeness (QED) is 0.698. The zero-order valence-corrected chi connectivity index (χ0v) is 16.8. The summed E-state index contributed by atoms with van der Waals surface area (Å²) in [4.78, 5) is 28.6. The Morgan fingerprint density at radius 2 is 1.90 bits per heavy atom. The Labute approximate surface area is 170 Å². The molecule has 2 heterocycles. The van der Waals surface area contributed by atoms with E-state index in [-0.39, 0.29) is 29.8 Å². The predicted molar refractivity (Wildman–Crippen MR) is 107 cm³/mol. The number of rotatable bonds is 7. The number of piperidine rings is 1. The highest BCUT2D eigenvalue weighted by atomic mass is 32.2. The molecule has 1 unspecified atom stereocenters. The largest absolute Gasteiger partial charge is 0.350 e. The topological polar surface area (TPSA) is 108 Å². The molecule has 0 aliphatic carbocycles. The van der Waals surface area contributed by atoms with Crippen molar-refractivity contribution in [2.75, 3.05) is 19.6 Å². The zero-order chi connectivity index (χ0) is 20.7. The number of nitrogens with one attached hydrogen (secondary N) is 2. The summed E-state index contributed by atoms with van der Waals surface area (Å²) >= 11 is 0. The molecule has 0 spiro atoms. The second kappa shape index (κ2) is 9.62. The van der Waals surface area contributed by atoms with E-state index in [1.807, 2.05) is 6.07 Å². The molecule has 2 amide bonds. The average molecular weight is 417 g/mol. The summed E-state index contributed by atoms with van der Waals surface area (Å²) in [6, 6.07) is 11.8. The molecule has 0 saturated carbocycles. The van der Waals surface area contributed by atoms with Gasteiger partial charge in [-0.2, -0.15) is 4.31 Å². The number of benzene rings is 1. The van der Waals surface area contributed by atoms with Crippen LogP contribution >= 0.6 is 0 Å². The lowest BCUT2D eigenvalue weighted by Gasteiger charge is -2.31. The van der Waals surface area contributed by atoms with Crippen LogP contribution in [-0.2, 0) is 26.2 Å². The molecule has 3 rings (SSSR count). The lowest BCUT2D eigenvalue weighted by Crippen LogP contribution is -2.47. The second-order valence-corrected chi connectivity index (χ2v) is 8.81. The van der Waals surface area contributed by atoms with Gasteiger partial charge in [-0.05, 0) is 36.6 Å². The van der Waals surface area contributed by atoms with Crippen LogP contribution in [0.1, 0.15) is 18.4 Å². The number of carbonyl (C=O) groups is 2. The molecule has 1 aromatic carbocycles. The maximum Gasteiger partial charge on any atom is 0.243 e. The van der Waals surface area contributed by atoms with Crippen molar-refractivity contribution < 1.29 is 18.0 Å². The van der Waals surface area contributed by atoms with Gasteiger partial charge in [0.15, 0.2) is 0 Å². The third-order valence-electron chi connectivity index (χ3n) is 4.77. The fraction of sp³-hybridized carbons (Fsp3) is 0.350. The molecule has 2 N–H and O–H groups in total. The first-order valence-electron chi connectivity index (χ1n) is 9.45. The van der Waals surface area contributed by atoms with Crippen LogP contribution in [0.4, 0.5) is 0 Å². The summed E-state index contributed by atoms with van der Waals surface area (Å²) in [5.74, 6) is -1.10. The van der Waals surface area contributed by atoms with Gasteiger partial charge in [-0.25, -0.2) is 8.42 Å². The number of sulfonamides is 1. The Hall–Kier alpha value is -2.78. The molecule has 1 atom stereocenters. The molecule has 29 heavy (non-hydrogen) atoms. The van der Waals surface area contributed by atoms with Gasteiger partial charge >= 0.3 is 0 Å². The van der Waals surface area contributed by atoms with Crippen molar-refractivity contribution in [2.24, 2.45) is 5.92 Å². The summed E-state index contributed by atoms with van der Waals surface area (Å²) in [5.41, 5.74) is 0.862. The molecule has 154 valence electrons. The fourth-order valence-electron chi connectivity index (χ4n) is 3.19. The highest BCUT2D eigenvalue weighted by Gasteiger charge is 2.33. The Morgan fingerprint density at radius 3 is 2.62 bits per heavy atom. The molecule has 1 aliphatic heterocycles. The van der Waals surface area contributed by atoms with Gasteiger partial charge in [0.1, 0.15) is 0 Å². The molecule has 9 heteroatoms. The van der Waals surface area contributed by atoms with Crippen LogP contribution in [0.3, 0.4) is 0 Å². The predicted octanol–water partition coefficient (Wildman–Crippen LogP) is 0.915. The van der Waals surface area contributed by atoms with Crippen molar-refractivity contribution in [2.45, 2.75) is 24.3 Å². The van der Waals surface area contributed by atoms with E-state index >= 15 is 0 Å². The van der Waals surface area contributed by atoms with Gasteiger partial charge in [0, 0.05) is 32.0 Å². The van der Waals surface area contributed by atoms with Crippen molar-refractivity contribution >= 4 is 21.8 Å². The van der Waals surface area contributed by atoms with Gasteiger partial charge < -0.3 is 10.6 Å². The van der Waals surface area contributed by atoms with E-state index in [4.69, 9.17) is 0 Å². The summed E-state index contributed by atoms with van der Waals surface area (Å²) in [5, 5.41) is 5.32. The molecule has 1 aliphatic rings. The number of pyridine rings is 1. The zero-order valence-electron chi connectivity index (χ0n) is 16.0. The van der Waals surface area contributed by atoms with Crippen molar-refractivity contribution in [1.82, 2.24) is 19.9 Å². The number of hydrogen-bond acceptors (Lipinski definition) is 5. The fourth-order valence-corrected chi connectivity index (χ4v) is 4.74. The van der Waals surface area contributed by atoms with E-state index in [0.29, 0.717) is 25.9 Å². The highest BCUT2D eigenvalue weighted by Crippen LogP contribution is 2.23. The van der Waals surface area contributed by atoms with Crippen molar-refractivity contribution in [3.05, 3.63) is 60.4 Å². The summed E-state index contributed by atoms with van der Waals surface area (Å²) in [7, 11) is -3.63. The Balaban J connectivity index is 1.50. The first kappa shape index (κ1) is 20.9. The van der Waals surface area contributed by atoms with Gasteiger partial charge in [0.2, 0.25) is 21.8 Å². The van der Waals surface area contributed by atoms with Gasteiger partial charge in [-0.15, -0.1) is 0 Å². The normalized spacial score (nSPS) is 17.4. The first-order valence-corrected chi connectivity index (χ1v) is 10.9. The summed E-state index contributed by atoms with van der Waals surface area (Å²) < 4.78 is 26.9. The van der Waals surface area contributed by atoms with Crippen LogP contribution < -0.4 is 10.6 Å². The Morgan fingerprint density at radius 1 is 1.10 bits per heavy atom. The summed E-state index contributed by atoms with van der Waals surface area (Å²) in [6.07, 6.45) is 4.49. The standard InChI is InChI=1S/C20H24N4O4S/c25-19(22-13-16-6-4-10-21-12-16)14-23-20(26)17-7-5-11-24(15-17)29(27,28)18-8-2-1-3-9-18/h1-4,6,8-10,12,17H,5,7,11,13-15H2,(H,22,25)(H,23,26). The van der Waals surface area contributed by atoms with Crippen molar-refractivity contribution in [3.8, 4) is 0 Å². The Bertz CT molecular complexity index is 935. The van der Waals surface area contributed by atoms with E-state index in [9.17, 15) is 18.0 Å². The molecule has 1 aromatic heterocycles. The number of hydrogen-bond donors (Lipinski definition) is 2. The SMILES string of the molecule is O=C(CNC(=O)C1CCCN(S(=O)(=O)c2ccccc2)C1)NCc1cccnc1. The number of carbonyl (C=O) groups excluding carboxylic acids is 2. The molecule has 0 radical (unpaired) electrons. The third kappa shape index (κ3) is 5.61. The van der Waals surface area contributed by atoms with E-state index in [1.165, 1.54) is 4.31 Å². The van der Waals surface area contributed by atoms with Crippen LogP contribution in [0.25, 0.3) is 0 Å². The van der Waals surface area contributed by atoms with Gasteiger partial charge in [-0.1, -0.05) is 24.3 Å². The van der Waals surface area contributed by atoms with E-state index in [1.54, 1.807) is 48.8 Å². The lowest BCUT2D eigenvalue weighted by atomic mass is 9.99. The minimum absolute atomic E-state index is 0.111. The molecular weight excluding hydrogens is 392 g/mol. The van der Waals surface area contributed by atoms with Crippen LogP contribution in [0, 0.1) is 5.92 Å². The summed E-state index contributed by atoms with van der Waals surface area (Å²) in [6.45, 7) is 0.670. The molecular formula is C20H24N4O4S. The molecule has 1 saturated heterocycles. The average Bonchev–Trinajstić information content (AvgIpc) is 2.77. The van der Waals surface area contributed by atoms with Crippen LogP contribution in [0.2, 0.25) is 0 Å². The first-order chi connectivity index (χ1) is 14.0. The monoisotopic (exact) mass is 416 g/mol. The van der Waals surface area contributed by atoms with Gasteiger partial charge in [0.05, 0.1) is 17.4 Å². The van der Waals surface area contributed by atoms with Crippen LogP contribution in [-0.4, -0.2) is 49.2 Å². The minimum atomic E-state index is -3.63. The van der Waals surface area contributed by atoms with Crippen molar-refractivity contribution in [1.29, 1.82) is 0 Å². The minimum Gasteiger partial charge on any atom is -0.350 e. The number of aromatic nitrogens is 1. The molecule has 1 fully saturated rings. The molecule has 2 aromatic rings. The lowest BCUT2D eigenvalue weighted by molar-refractivity contribution is -0.129. The number of amides is 2. The molecule has 0 bridgehead atoms. The van der Waals surface area contributed by atoms with Crippen LogP contribution in [0.5, 0.6) is 0 Å². The Kier molecular flexibility index (Phi) is 6.95. The van der Waals surface area contributed by atoms with Crippen molar-refractivity contribution in [3.63, 3.8) is 0 Å². The maximum atomic E-state index is 12.8. The van der Waals surface area contributed by atoms with E-state index < -0.39 is 15.9 Å². The molecule has 8 nitrogen and oxygen atoms in total. The van der Waals surface area contributed by atoms with E-state index in [0.717, 1.165) is 5.56 Å². The third-order valence-corrected chi connectivity index (χ3v) is 6.65. The van der Waals surface area contributed by atoms with E-state index in [2.05, 4.69) is 15.6 Å². The van der Waals surface area contributed by atoms with Crippen LogP contribution in [0.15, 0.2) is 59.8 Å². The maximum absolute atomic E-state index is 12.8.